The molecule has 0 aromatic rings. The van der Waals surface area contributed by atoms with Gasteiger partial charge in [-0.15, -0.1) is 0 Å². The van der Waals surface area contributed by atoms with Crippen molar-refractivity contribution in [2.24, 2.45) is 5.73 Å². The van der Waals surface area contributed by atoms with Crippen molar-refractivity contribution in [3.63, 3.8) is 0 Å². The van der Waals surface area contributed by atoms with Crippen molar-refractivity contribution in [2.75, 3.05) is 6.54 Å². The fourth-order valence-electron chi connectivity index (χ4n) is 0.372. The number of nitrogens with two attached hydrogens (primary N) is 1. The van der Waals surface area contributed by atoms with Gasteiger partial charge in [0.15, 0.2) is 5.60 Å². The molecule has 0 rings (SSSR count). The molecule has 2 atom stereocenters. The van der Waals surface area contributed by atoms with E-state index in [1.165, 1.54) is 0 Å². The Hall–Kier alpha value is -0.650. The lowest BCUT2D eigenvalue weighted by molar-refractivity contribution is -0.167. The topological polar surface area (TPSA) is 104 Å². The third kappa shape index (κ3) is 1.66. The Kier molecular flexibility index (Phi) is 2.77. The van der Waals surface area contributed by atoms with Crippen LogP contribution in [-0.4, -0.2) is 39.5 Å². The first kappa shape index (κ1) is 9.35. The summed E-state index contributed by atoms with van der Waals surface area (Å²) in [6, 6.07) is 0. The van der Waals surface area contributed by atoms with Gasteiger partial charge in [-0.05, 0) is 6.92 Å². The normalized spacial score (nSPS) is 19.6. The van der Waals surface area contributed by atoms with Gasteiger partial charge < -0.3 is 21.1 Å². The number of carboxylic acid groups (broad SMARTS) is 1. The van der Waals surface area contributed by atoms with Crippen LogP contribution in [0.15, 0.2) is 0 Å². The van der Waals surface area contributed by atoms with Gasteiger partial charge in [-0.3, -0.25) is 0 Å². The third-order valence-corrected chi connectivity index (χ3v) is 1.31. The minimum absolute atomic E-state index is 0.278. The monoisotopic (exact) mass is 149 g/mol. The maximum absolute atomic E-state index is 10.2. The Morgan fingerprint density at radius 3 is 2.30 bits per heavy atom. The van der Waals surface area contributed by atoms with Gasteiger partial charge in [-0.1, -0.05) is 0 Å². The molecule has 5 N–H and O–H groups in total. The Bertz CT molecular complexity index is 134. The lowest BCUT2D eigenvalue weighted by Crippen LogP contribution is -2.50. The van der Waals surface area contributed by atoms with E-state index >= 15 is 0 Å². The molecule has 5 heteroatoms. The summed E-state index contributed by atoms with van der Waals surface area (Å²) in [5.74, 6) is -1.48. The summed E-state index contributed by atoms with van der Waals surface area (Å²) in [6.45, 7) is 0.714. The molecule has 0 amide bonds. The number of aliphatic carboxylic acids is 1. The van der Waals surface area contributed by atoms with Gasteiger partial charge in [0.05, 0.1) is 0 Å². The molecular weight excluding hydrogens is 138 g/mol. The van der Waals surface area contributed by atoms with Crippen LogP contribution in [0, 0.1) is 0 Å². The molecule has 0 aliphatic rings. The highest BCUT2D eigenvalue weighted by Gasteiger charge is 2.37. The average Bonchev–Trinajstić information content (AvgIpc) is 1.86. The SMILES string of the molecule is C[C@](O)(C(=O)O)[C@H](O)CN. The Balaban J connectivity index is 4.23. The average molecular weight is 149 g/mol. The Morgan fingerprint density at radius 2 is 2.20 bits per heavy atom. The van der Waals surface area contributed by atoms with Crippen molar-refractivity contribution >= 4 is 5.97 Å². The van der Waals surface area contributed by atoms with Crippen LogP contribution >= 0.6 is 0 Å². The van der Waals surface area contributed by atoms with Crippen LogP contribution in [0.2, 0.25) is 0 Å². The molecule has 0 bridgehead atoms. The van der Waals surface area contributed by atoms with Crippen LogP contribution in [0.25, 0.3) is 0 Å². The third-order valence-electron chi connectivity index (χ3n) is 1.31. The van der Waals surface area contributed by atoms with E-state index in [1.54, 1.807) is 0 Å². The van der Waals surface area contributed by atoms with Gasteiger partial charge in [-0.25, -0.2) is 4.79 Å². The lowest BCUT2D eigenvalue weighted by Gasteiger charge is -2.22. The van der Waals surface area contributed by atoms with Gasteiger partial charge in [0.2, 0.25) is 0 Å². The van der Waals surface area contributed by atoms with Crippen LogP contribution < -0.4 is 5.73 Å². The highest BCUT2D eigenvalue weighted by molar-refractivity contribution is 5.77. The van der Waals surface area contributed by atoms with Crippen LogP contribution in [0.3, 0.4) is 0 Å². The zero-order valence-corrected chi connectivity index (χ0v) is 5.61. The smallest absolute Gasteiger partial charge is 0.338 e. The van der Waals surface area contributed by atoms with Crippen LogP contribution in [0.5, 0.6) is 0 Å². The maximum Gasteiger partial charge on any atom is 0.338 e. The van der Waals surface area contributed by atoms with E-state index in [2.05, 4.69) is 0 Å². The maximum atomic E-state index is 10.2. The minimum atomic E-state index is -2.14. The van der Waals surface area contributed by atoms with E-state index in [1.807, 2.05) is 0 Å². The van der Waals surface area contributed by atoms with Crippen molar-refractivity contribution in [1.29, 1.82) is 0 Å². The Labute approximate surface area is 58.1 Å². The molecule has 0 radical (unpaired) electrons. The molecule has 0 aliphatic heterocycles. The fourth-order valence-corrected chi connectivity index (χ4v) is 0.372. The van der Waals surface area contributed by atoms with Gasteiger partial charge in [0.1, 0.15) is 6.10 Å². The highest BCUT2D eigenvalue weighted by atomic mass is 16.4. The molecule has 0 heterocycles. The summed E-state index contributed by atoms with van der Waals surface area (Å²) in [5.41, 5.74) is 2.78. The molecule has 0 aromatic heterocycles. The minimum Gasteiger partial charge on any atom is -0.479 e. The predicted octanol–water partition coefficient (Wildman–Crippen LogP) is -1.86. The second-order valence-electron chi connectivity index (χ2n) is 2.20. The van der Waals surface area contributed by atoms with Gasteiger partial charge in [0.25, 0.3) is 0 Å². The number of carboxylic acids is 1. The number of hydrogen-bond donors (Lipinski definition) is 4. The molecule has 0 fully saturated rings. The van der Waals surface area contributed by atoms with Crippen molar-refractivity contribution in [3.8, 4) is 0 Å². The standard InChI is InChI=1S/C5H11NO4/c1-5(10,4(8)9)3(7)2-6/h3,7,10H,2,6H2,1H3,(H,8,9)/t3-,5-/m1/s1. The van der Waals surface area contributed by atoms with Crippen LogP contribution in [0.1, 0.15) is 6.92 Å². The molecule has 10 heavy (non-hydrogen) atoms. The second-order valence-corrected chi connectivity index (χ2v) is 2.20. The molecule has 60 valence electrons. The number of hydrogen-bond acceptors (Lipinski definition) is 4. The summed E-state index contributed by atoms with van der Waals surface area (Å²) in [7, 11) is 0. The summed E-state index contributed by atoms with van der Waals surface area (Å²) in [4.78, 5) is 10.2. The van der Waals surface area contributed by atoms with Crippen LogP contribution in [0.4, 0.5) is 0 Å². The van der Waals surface area contributed by atoms with Crippen molar-refractivity contribution in [2.45, 2.75) is 18.6 Å². The lowest BCUT2D eigenvalue weighted by atomic mass is 10.00. The molecule has 0 saturated carbocycles. The molecule has 5 nitrogen and oxygen atoms in total. The van der Waals surface area contributed by atoms with E-state index in [4.69, 9.17) is 21.1 Å². The predicted molar refractivity (Wildman–Crippen MR) is 33.3 cm³/mol. The molecule has 0 spiro atoms. The highest BCUT2D eigenvalue weighted by Crippen LogP contribution is 2.08. The zero-order valence-electron chi connectivity index (χ0n) is 5.61. The number of aliphatic hydroxyl groups excluding tert-OH is 1. The molecule has 0 aliphatic carbocycles. The molecule has 0 saturated heterocycles. The van der Waals surface area contributed by atoms with Crippen molar-refractivity contribution in [3.05, 3.63) is 0 Å². The zero-order chi connectivity index (χ0) is 8.36. The van der Waals surface area contributed by atoms with E-state index < -0.39 is 17.7 Å². The first-order valence-electron chi connectivity index (χ1n) is 2.76. The van der Waals surface area contributed by atoms with Gasteiger partial charge in [-0.2, -0.15) is 0 Å². The Morgan fingerprint density at radius 1 is 1.80 bits per heavy atom. The second kappa shape index (κ2) is 2.96. The summed E-state index contributed by atoms with van der Waals surface area (Å²) >= 11 is 0. The number of aliphatic hydroxyl groups is 2. The van der Waals surface area contributed by atoms with E-state index in [9.17, 15) is 4.79 Å². The summed E-state index contributed by atoms with van der Waals surface area (Å²) in [5, 5.41) is 26.0. The summed E-state index contributed by atoms with van der Waals surface area (Å²) in [6.07, 6.45) is -1.43. The van der Waals surface area contributed by atoms with E-state index in [-0.39, 0.29) is 6.54 Å². The largest absolute Gasteiger partial charge is 0.479 e. The van der Waals surface area contributed by atoms with Gasteiger partial charge in [0, 0.05) is 6.54 Å². The van der Waals surface area contributed by atoms with Gasteiger partial charge >= 0.3 is 5.97 Å². The first-order chi connectivity index (χ1) is 4.42. The quantitative estimate of drug-likeness (QED) is 0.377. The van der Waals surface area contributed by atoms with E-state index in [0.717, 1.165) is 6.92 Å². The fraction of sp³-hybridized carbons (Fsp3) is 0.800. The van der Waals surface area contributed by atoms with Crippen molar-refractivity contribution in [1.82, 2.24) is 0 Å². The van der Waals surface area contributed by atoms with Crippen molar-refractivity contribution < 1.29 is 20.1 Å². The summed E-state index contributed by atoms with van der Waals surface area (Å²) < 4.78 is 0. The molecule has 0 aromatic carbocycles. The number of carbonyl (C=O) groups is 1. The molecular formula is C5H11NO4. The first-order valence-corrected chi connectivity index (χ1v) is 2.76. The number of rotatable bonds is 3. The molecule has 0 unspecified atom stereocenters. The van der Waals surface area contributed by atoms with E-state index in [0.29, 0.717) is 0 Å². The van der Waals surface area contributed by atoms with Crippen LogP contribution in [-0.2, 0) is 4.79 Å².